The number of amides is 1. The Morgan fingerprint density at radius 3 is 2.81 bits per heavy atom. The first-order valence-corrected chi connectivity index (χ1v) is 6.95. The van der Waals surface area contributed by atoms with Crippen LogP contribution in [0, 0.1) is 6.92 Å². The van der Waals surface area contributed by atoms with Crippen molar-refractivity contribution in [1.29, 1.82) is 0 Å². The third kappa shape index (κ3) is 2.54. The van der Waals surface area contributed by atoms with Crippen molar-refractivity contribution >= 4 is 23.3 Å². The molecular formula is C14H15ClN4O2. The molecule has 0 spiro atoms. The van der Waals surface area contributed by atoms with Crippen molar-refractivity contribution in [1.82, 2.24) is 15.1 Å². The van der Waals surface area contributed by atoms with Crippen molar-refractivity contribution in [3.05, 3.63) is 40.5 Å². The maximum Gasteiger partial charge on any atom is 0.273 e. The van der Waals surface area contributed by atoms with Gasteiger partial charge in [-0.05, 0) is 18.6 Å². The summed E-state index contributed by atoms with van der Waals surface area (Å²) >= 11 is 5.92. The summed E-state index contributed by atoms with van der Waals surface area (Å²) in [6.45, 7) is 3.02. The van der Waals surface area contributed by atoms with Gasteiger partial charge in [0.05, 0.1) is 13.1 Å². The zero-order chi connectivity index (χ0) is 15.0. The molecule has 2 aromatic rings. The smallest absolute Gasteiger partial charge is 0.273 e. The Kier molecular flexibility index (Phi) is 3.47. The number of nitrogens with zero attached hydrogens (tertiary/aromatic N) is 2. The first-order valence-electron chi connectivity index (χ1n) is 6.57. The molecule has 6 nitrogen and oxygen atoms in total. The number of halogens is 1. The summed E-state index contributed by atoms with van der Waals surface area (Å²) in [4.78, 5) is 13.8. The van der Waals surface area contributed by atoms with E-state index < -0.39 is 0 Å². The first kappa shape index (κ1) is 13.8. The van der Waals surface area contributed by atoms with E-state index in [1.54, 1.807) is 4.90 Å². The first-order chi connectivity index (χ1) is 10.1. The van der Waals surface area contributed by atoms with Crippen LogP contribution in [-0.2, 0) is 0 Å². The number of nitrogens with one attached hydrogen (secondary N) is 1. The van der Waals surface area contributed by atoms with Gasteiger partial charge in [-0.1, -0.05) is 29.8 Å². The monoisotopic (exact) mass is 306 g/mol. The predicted octanol–water partition coefficient (Wildman–Crippen LogP) is 1.86. The molecule has 2 heterocycles. The van der Waals surface area contributed by atoms with Gasteiger partial charge in [-0.25, -0.2) is 0 Å². The molecule has 0 bridgehead atoms. The molecule has 0 aliphatic carbocycles. The second-order valence-electron chi connectivity index (χ2n) is 5.01. The topological polar surface area (TPSA) is 84.2 Å². The zero-order valence-electron chi connectivity index (χ0n) is 11.5. The van der Waals surface area contributed by atoms with Crippen LogP contribution in [0.4, 0.5) is 5.82 Å². The van der Waals surface area contributed by atoms with Crippen molar-refractivity contribution in [2.75, 3.05) is 18.8 Å². The van der Waals surface area contributed by atoms with E-state index in [2.05, 4.69) is 10.2 Å². The van der Waals surface area contributed by atoms with Gasteiger partial charge in [-0.3, -0.25) is 9.89 Å². The van der Waals surface area contributed by atoms with Crippen LogP contribution in [0.25, 0.3) is 0 Å². The van der Waals surface area contributed by atoms with Crippen LogP contribution in [0.1, 0.15) is 16.1 Å². The average Bonchev–Trinajstić information content (AvgIpc) is 2.75. The van der Waals surface area contributed by atoms with Crippen molar-refractivity contribution in [2.45, 2.75) is 13.0 Å². The Morgan fingerprint density at radius 1 is 1.48 bits per heavy atom. The van der Waals surface area contributed by atoms with E-state index in [9.17, 15) is 4.79 Å². The number of ether oxygens (including phenoxy) is 1. The number of rotatable bonds is 3. The lowest BCUT2D eigenvalue weighted by Gasteiger charge is -2.38. The highest BCUT2D eigenvalue weighted by atomic mass is 35.5. The standard InChI is InChI=1S/C14H15ClN4O2/c1-8-4-2-3-5-10(8)21-9-6-19(7-9)14(20)12-11(15)13(16)18-17-12/h2-5,9H,6-7H2,1H3,(H3,16,17,18). The van der Waals surface area contributed by atoms with Crippen LogP contribution in [0.15, 0.2) is 24.3 Å². The van der Waals surface area contributed by atoms with E-state index >= 15 is 0 Å². The molecule has 110 valence electrons. The number of nitrogens with two attached hydrogens (primary N) is 1. The summed E-state index contributed by atoms with van der Waals surface area (Å²) in [6, 6.07) is 7.80. The minimum Gasteiger partial charge on any atom is -0.486 e. The third-order valence-electron chi connectivity index (χ3n) is 3.47. The number of aromatic amines is 1. The van der Waals surface area contributed by atoms with Crippen LogP contribution in [0.2, 0.25) is 5.02 Å². The molecule has 0 radical (unpaired) electrons. The fourth-order valence-corrected chi connectivity index (χ4v) is 2.35. The second kappa shape index (κ2) is 5.29. The lowest BCUT2D eigenvalue weighted by molar-refractivity contribution is 0.0171. The highest BCUT2D eigenvalue weighted by molar-refractivity contribution is 6.35. The largest absolute Gasteiger partial charge is 0.486 e. The summed E-state index contributed by atoms with van der Waals surface area (Å²) in [5.41, 5.74) is 6.82. The van der Waals surface area contributed by atoms with E-state index in [0.717, 1.165) is 11.3 Å². The van der Waals surface area contributed by atoms with Gasteiger partial charge in [0.2, 0.25) is 0 Å². The van der Waals surface area contributed by atoms with Crippen LogP contribution >= 0.6 is 11.6 Å². The van der Waals surface area contributed by atoms with Gasteiger partial charge < -0.3 is 15.4 Å². The summed E-state index contributed by atoms with van der Waals surface area (Å²) in [6.07, 6.45) is -0.00547. The molecule has 7 heteroatoms. The van der Waals surface area contributed by atoms with Crippen molar-refractivity contribution in [3.8, 4) is 5.75 Å². The molecule has 1 fully saturated rings. The van der Waals surface area contributed by atoms with Crippen molar-refractivity contribution < 1.29 is 9.53 Å². The summed E-state index contributed by atoms with van der Waals surface area (Å²) < 4.78 is 5.86. The molecule has 1 aromatic heterocycles. The van der Waals surface area contributed by atoms with Crippen LogP contribution in [0.3, 0.4) is 0 Å². The SMILES string of the molecule is Cc1ccccc1OC1CN(C(=O)c2[nH]nc(N)c2Cl)C1. The number of aryl methyl sites for hydroxylation is 1. The van der Waals surface area contributed by atoms with Gasteiger partial charge in [0.1, 0.15) is 22.6 Å². The normalized spacial score (nSPS) is 14.9. The fourth-order valence-electron chi connectivity index (χ4n) is 2.19. The minimum atomic E-state index is -0.214. The number of anilines is 1. The van der Waals surface area contributed by atoms with Gasteiger partial charge >= 0.3 is 0 Å². The Bertz CT molecular complexity index is 679. The lowest BCUT2D eigenvalue weighted by atomic mass is 10.1. The predicted molar refractivity (Wildman–Crippen MR) is 79.5 cm³/mol. The lowest BCUT2D eigenvalue weighted by Crippen LogP contribution is -2.56. The maximum atomic E-state index is 12.2. The third-order valence-corrected chi connectivity index (χ3v) is 3.85. The van der Waals surface area contributed by atoms with Gasteiger partial charge in [0.25, 0.3) is 5.91 Å². The van der Waals surface area contributed by atoms with E-state index in [0.29, 0.717) is 13.1 Å². The molecular weight excluding hydrogens is 292 g/mol. The minimum absolute atomic E-state index is 0.00547. The molecule has 0 saturated carbocycles. The molecule has 1 aliphatic rings. The molecule has 3 rings (SSSR count). The number of carbonyl (C=O) groups is 1. The van der Waals surface area contributed by atoms with Gasteiger partial charge in [-0.15, -0.1) is 0 Å². The Balaban J connectivity index is 1.60. The number of nitrogen functional groups attached to an aromatic ring is 1. The molecule has 0 atom stereocenters. The van der Waals surface area contributed by atoms with Gasteiger partial charge in [-0.2, -0.15) is 5.10 Å². The summed E-state index contributed by atoms with van der Waals surface area (Å²) in [5.74, 6) is 0.764. The Hall–Kier alpha value is -2.21. The van der Waals surface area contributed by atoms with Crippen molar-refractivity contribution in [3.63, 3.8) is 0 Å². The van der Waals surface area contributed by atoms with Crippen LogP contribution in [0.5, 0.6) is 5.75 Å². The number of H-pyrrole nitrogens is 1. The molecule has 1 aliphatic heterocycles. The highest BCUT2D eigenvalue weighted by Crippen LogP contribution is 2.25. The van der Waals surface area contributed by atoms with Crippen molar-refractivity contribution in [2.24, 2.45) is 0 Å². The highest BCUT2D eigenvalue weighted by Gasteiger charge is 2.35. The summed E-state index contributed by atoms with van der Waals surface area (Å²) in [7, 11) is 0. The van der Waals surface area contributed by atoms with Crippen LogP contribution in [-0.4, -0.2) is 40.2 Å². The number of carbonyl (C=O) groups excluding carboxylic acids is 1. The van der Waals surface area contributed by atoms with E-state index in [1.165, 1.54) is 0 Å². The fraction of sp³-hybridized carbons (Fsp3) is 0.286. The average molecular weight is 307 g/mol. The number of hydrogen-bond acceptors (Lipinski definition) is 4. The van der Waals surface area contributed by atoms with Crippen LogP contribution < -0.4 is 10.5 Å². The quantitative estimate of drug-likeness (QED) is 0.906. The molecule has 21 heavy (non-hydrogen) atoms. The number of aromatic nitrogens is 2. The van der Waals surface area contributed by atoms with E-state index in [4.69, 9.17) is 22.1 Å². The molecule has 1 aromatic carbocycles. The van der Waals surface area contributed by atoms with Gasteiger partial charge in [0, 0.05) is 0 Å². The molecule has 0 unspecified atom stereocenters. The van der Waals surface area contributed by atoms with Gasteiger partial charge in [0.15, 0.2) is 5.82 Å². The summed E-state index contributed by atoms with van der Waals surface area (Å²) in [5, 5.41) is 6.45. The molecule has 3 N–H and O–H groups in total. The number of para-hydroxylation sites is 1. The molecule has 1 amide bonds. The number of hydrogen-bond donors (Lipinski definition) is 2. The number of likely N-dealkylation sites (tertiary alicyclic amines) is 1. The Morgan fingerprint density at radius 2 is 2.19 bits per heavy atom. The number of benzene rings is 1. The maximum absolute atomic E-state index is 12.2. The Labute approximate surface area is 126 Å². The van der Waals surface area contributed by atoms with E-state index in [1.807, 2.05) is 31.2 Å². The zero-order valence-corrected chi connectivity index (χ0v) is 12.2. The molecule has 1 saturated heterocycles. The second-order valence-corrected chi connectivity index (χ2v) is 5.39. The van der Waals surface area contributed by atoms with E-state index in [-0.39, 0.29) is 28.5 Å².